The number of benzene rings is 3. The predicted octanol–water partition coefficient (Wildman–Crippen LogP) is 2.63. The SMILES string of the molecule is Nc1cccc(C(=O)Nc2ccc3c(O)ccc(S(=O)(=O)O)c3c2)c1. The van der Waals surface area contributed by atoms with Gasteiger partial charge in [0.1, 0.15) is 10.6 Å². The summed E-state index contributed by atoms with van der Waals surface area (Å²) in [5.41, 5.74) is 6.72. The molecule has 0 fully saturated rings. The molecule has 8 heteroatoms. The highest BCUT2D eigenvalue weighted by molar-refractivity contribution is 7.86. The molecule has 0 heterocycles. The Kier molecular flexibility index (Phi) is 4.07. The molecule has 3 aromatic rings. The number of rotatable bonds is 3. The standard InChI is InChI=1S/C17H14N2O5S/c18-11-3-1-2-10(8-11)17(21)19-12-4-5-13-14(9-12)16(25(22,23)24)7-6-15(13)20/h1-9,20H,18H2,(H,19,21)(H,22,23,24). The molecule has 0 radical (unpaired) electrons. The summed E-state index contributed by atoms with van der Waals surface area (Å²) in [5.74, 6) is -0.573. The van der Waals surface area contributed by atoms with E-state index >= 15 is 0 Å². The molecular weight excluding hydrogens is 344 g/mol. The minimum Gasteiger partial charge on any atom is -0.507 e. The van der Waals surface area contributed by atoms with Gasteiger partial charge in [0.25, 0.3) is 16.0 Å². The van der Waals surface area contributed by atoms with Crippen molar-refractivity contribution >= 4 is 38.2 Å². The van der Waals surface area contributed by atoms with Crippen molar-refractivity contribution in [2.45, 2.75) is 4.90 Å². The first kappa shape index (κ1) is 16.7. The van der Waals surface area contributed by atoms with Gasteiger partial charge < -0.3 is 16.2 Å². The normalized spacial score (nSPS) is 11.4. The van der Waals surface area contributed by atoms with Crippen LogP contribution in [0.3, 0.4) is 0 Å². The smallest absolute Gasteiger partial charge is 0.295 e. The Balaban J connectivity index is 2.05. The molecule has 0 aromatic heterocycles. The molecule has 0 atom stereocenters. The average Bonchev–Trinajstić information content (AvgIpc) is 2.54. The fourth-order valence-corrected chi connectivity index (χ4v) is 3.18. The van der Waals surface area contributed by atoms with Crippen LogP contribution >= 0.6 is 0 Å². The number of aromatic hydroxyl groups is 1. The first-order valence-corrected chi connectivity index (χ1v) is 8.60. The van der Waals surface area contributed by atoms with Gasteiger partial charge in [-0.05, 0) is 48.5 Å². The quantitative estimate of drug-likeness (QED) is 0.421. The Morgan fingerprint density at radius 1 is 1.00 bits per heavy atom. The van der Waals surface area contributed by atoms with E-state index in [9.17, 15) is 22.9 Å². The van der Waals surface area contributed by atoms with Crippen LogP contribution in [0.4, 0.5) is 11.4 Å². The third-order valence-electron chi connectivity index (χ3n) is 3.64. The minimum absolute atomic E-state index is 0.0906. The maximum Gasteiger partial charge on any atom is 0.295 e. The fourth-order valence-electron chi connectivity index (χ4n) is 2.49. The minimum atomic E-state index is -4.49. The Hall–Kier alpha value is -3.10. The molecule has 3 aromatic carbocycles. The zero-order valence-electron chi connectivity index (χ0n) is 12.8. The summed E-state index contributed by atoms with van der Waals surface area (Å²) >= 11 is 0. The molecule has 0 saturated carbocycles. The molecular formula is C17H14N2O5S. The summed E-state index contributed by atoms with van der Waals surface area (Å²) in [6.45, 7) is 0. The number of hydrogen-bond acceptors (Lipinski definition) is 5. The second kappa shape index (κ2) is 6.08. The van der Waals surface area contributed by atoms with Crippen LogP contribution in [0.2, 0.25) is 0 Å². The molecule has 7 nitrogen and oxygen atoms in total. The van der Waals surface area contributed by atoms with Crippen molar-refractivity contribution in [3.8, 4) is 5.75 Å². The van der Waals surface area contributed by atoms with Gasteiger partial charge in [0.05, 0.1) is 0 Å². The lowest BCUT2D eigenvalue weighted by Gasteiger charge is -2.10. The Bertz CT molecular complexity index is 1090. The molecule has 25 heavy (non-hydrogen) atoms. The molecule has 0 spiro atoms. The molecule has 1 amide bonds. The number of nitrogens with two attached hydrogens (primary N) is 1. The topological polar surface area (TPSA) is 130 Å². The van der Waals surface area contributed by atoms with Gasteiger partial charge in [-0.2, -0.15) is 8.42 Å². The summed E-state index contributed by atoms with van der Waals surface area (Å²) in [5, 5.41) is 12.8. The van der Waals surface area contributed by atoms with Crippen LogP contribution < -0.4 is 11.1 Å². The van der Waals surface area contributed by atoms with E-state index < -0.39 is 16.0 Å². The van der Waals surface area contributed by atoms with E-state index in [0.717, 1.165) is 6.07 Å². The number of phenolic OH excluding ortho intramolecular Hbond substituents is 1. The van der Waals surface area contributed by atoms with Gasteiger partial charge in [0.2, 0.25) is 0 Å². The molecule has 0 aliphatic carbocycles. The van der Waals surface area contributed by atoms with Crippen LogP contribution in [0.5, 0.6) is 5.75 Å². The van der Waals surface area contributed by atoms with Gasteiger partial charge in [-0.25, -0.2) is 0 Å². The molecule has 0 aliphatic heterocycles. The highest BCUT2D eigenvalue weighted by atomic mass is 32.2. The van der Waals surface area contributed by atoms with Crippen molar-refractivity contribution in [1.29, 1.82) is 0 Å². The Labute approximate surface area is 143 Å². The highest BCUT2D eigenvalue weighted by Crippen LogP contribution is 2.32. The number of phenols is 1. The Morgan fingerprint density at radius 3 is 2.44 bits per heavy atom. The van der Waals surface area contributed by atoms with E-state index in [4.69, 9.17) is 5.73 Å². The number of nitrogen functional groups attached to an aromatic ring is 1. The molecule has 0 bridgehead atoms. The Morgan fingerprint density at radius 2 is 1.76 bits per heavy atom. The van der Waals surface area contributed by atoms with Crippen LogP contribution in [-0.4, -0.2) is 24.0 Å². The van der Waals surface area contributed by atoms with Crippen molar-refractivity contribution in [2.24, 2.45) is 0 Å². The maximum absolute atomic E-state index is 12.3. The summed E-state index contributed by atoms with van der Waals surface area (Å²) in [4.78, 5) is 11.9. The summed E-state index contributed by atoms with van der Waals surface area (Å²) in [6.07, 6.45) is 0. The van der Waals surface area contributed by atoms with E-state index in [0.29, 0.717) is 16.9 Å². The lowest BCUT2D eigenvalue weighted by Crippen LogP contribution is -2.12. The lowest BCUT2D eigenvalue weighted by molar-refractivity contribution is 0.102. The van der Waals surface area contributed by atoms with Gasteiger partial charge in [0.15, 0.2) is 0 Å². The molecule has 0 aliphatic rings. The van der Waals surface area contributed by atoms with Gasteiger partial charge in [-0.3, -0.25) is 9.35 Å². The number of nitrogens with one attached hydrogen (secondary N) is 1. The third-order valence-corrected chi connectivity index (χ3v) is 4.55. The van der Waals surface area contributed by atoms with Gasteiger partial charge in [-0.1, -0.05) is 6.07 Å². The predicted molar refractivity (Wildman–Crippen MR) is 94.2 cm³/mol. The van der Waals surface area contributed by atoms with E-state index in [1.807, 2.05) is 0 Å². The summed E-state index contributed by atoms with van der Waals surface area (Å²) in [7, 11) is -4.49. The van der Waals surface area contributed by atoms with Gasteiger partial charge in [0, 0.05) is 27.7 Å². The van der Waals surface area contributed by atoms with Crippen LogP contribution in [0.25, 0.3) is 10.8 Å². The van der Waals surface area contributed by atoms with Crippen molar-refractivity contribution in [1.82, 2.24) is 0 Å². The van der Waals surface area contributed by atoms with E-state index in [1.165, 1.54) is 30.3 Å². The highest BCUT2D eigenvalue weighted by Gasteiger charge is 2.17. The lowest BCUT2D eigenvalue weighted by atomic mass is 10.1. The average molecular weight is 358 g/mol. The van der Waals surface area contributed by atoms with Crippen LogP contribution in [0.15, 0.2) is 59.5 Å². The molecule has 0 unspecified atom stereocenters. The number of carbonyl (C=O) groups is 1. The van der Waals surface area contributed by atoms with Gasteiger partial charge >= 0.3 is 0 Å². The largest absolute Gasteiger partial charge is 0.507 e. The van der Waals surface area contributed by atoms with Crippen LogP contribution in [0.1, 0.15) is 10.4 Å². The van der Waals surface area contributed by atoms with Gasteiger partial charge in [-0.15, -0.1) is 0 Å². The molecule has 128 valence electrons. The molecule has 3 rings (SSSR count). The summed E-state index contributed by atoms with van der Waals surface area (Å²) in [6, 6.07) is 13.0. The number of fused-ring (bicyclic) bond motifs is 1. The maximum atomic E-state index is 12.3. The van der Waals surface area contributed by atoms with Crippen LogP contribution in [-0.2, 0) is 10.1 Å². The number of hydrogen-bond donors (Lipinski definition) is 4. The molecule has 5 N–H and O–H groups in total. The van der Waals surface area contributed by atoms with Crippen molar-refractivity contribution < 1.29 is 22.9 Å². The van der Waals surface area contributed by atoms with Crippen molar-refractivity contribution in [2.75, 3.05) is 11.1 Å². The zero-order valence-corrected chi connectivity index (χ0v) is 13.6. The first-order chi connectivity index (χ1) is 11.8. The zero-order chi connectivity index (χ0) is 18.2. The first-order valence-electron chi connectivity index (χ1n) is 7.16. The number of anilines is 2. The number of carbonyl (C=O) groups excluding carboxylic acids is 1. The summed E-state index contributed by atoms with van der Waals surface area (Å²) < 4.78 is 32.4. The van der Waals surface area contributed by atoms with E-state index in [2.05, 4.69) is 5.32 Å². The monoisotopic (exact) mass is 358 g/mol. The van der Waals surface area contributed by atoms with E-state index in [1.54, 1.807) is 18.2 Å². The fraction of sp³-hybridized carbons (Fsp3) is 0. The third kappa shape index (κ3) is 3.39. The number of amides is 1. The van der Waals surface area contributed by atoms with Crippen LogP contribution in [0, 0.1) is 0 Å². The molecule has 0 saturated heterocycles. The van der Waals surface area contributed by atoms with Crippen molar-refractivity contribution in [3.05, 3.63) is 60.2 Å². The second-order valence-electron chi connectivity index (χ2n) is 5.40. The van der Waals surface area contributed by atoms with E-state index in [-0.39, 0.29) is 21.4 Å². The van der Waals surface area contributed by atoms with Crippen molar-refractivity contribution in [3.63, 3.8) is 0 Å². The second-order valence-corrected chi connectivity index (χ2v) is 6.79.